The molecule has 4 rings (SSSR count). The predicted molar refractivity (Wildman–Crippen MR) is 109 cm³/mol. The minimum Gasteiger partial charge on any atom is -0.346 e. The van der Waals surface area contributed by atoms with Crippen molar-refractivity contribution in [2.24, 2.45) is 5.92 Å². The minimum atomic E-state index is -1.13. The van der Waals surface area contributed by atoms with Crippen LogP contribution in [0.1, 0.15) is 31.4 Å². The minimum absolute atomic E-state index is 0.0220. The van der Waals surface area contributed by atoms with E-state index in [1.807, 2.05) is 0 Å². The van der Waals surface area contributed by atoms with Crippen LogP contribution in [0.5, 0.6) is 0 Å². The Morgan fingerprint density at radius 3 is 2.58 bits per heavy atom. The Balaban J connectivity index is 1.54. The third-order valence-corrected chi connectivity index (χ3v) is 6.04. The summed E-state index contributed by atoms with van der Waals surface area (Å²) in [6.45, 7) is 0.257. The zero-order valence-corrected chi connectivity index (χ0v) is 17.1. The van der Waals surface area contributed by atoms with E-state index >= 15 is 0 Å². The van der Waals surface area contributed by atoms with Crippen molar-refractivity contribution in [3.8, 4) is 0 Å². The number of thiazole rings is 1. The highest BCUT2D eigenvalue weighted by Gasteiger charge is 2.41. The van der Waals surface area contributed by atoms with Crippen molar-refractivity contribution in [2.75, 3.05) is 11.9 Å². The molecule has 1 N–H and O–H groups in total. The van der Waals surface area contributed by atoms with Crippen molar-refractivity contribution in [1.29, 1.82) is 0 Å². The van der Waals surface area contributed by atoms with Crippen LogP contribution >= 0.6 is 11.3 Å². The van der Waals surface area contributed by atoms with E-state index in [2.05, 4.69) is 15.3 Å². The second-order valence-corrected chi connectivity index (χ2v) is 7.96. The highest BCUT2D eigenvalue weighted by molar-refractivity contribution is 7.18. The van der Waals surface area contributed by atoms with Gasteiger partial charge in [0.15, 0.2) is 22.4 Å². The first-order chi connectivity index (χ1) is 14.8. The normalized spacial score (nSPS) is 15.7. The number of fused-ring (bicyclic) bond motifs is 1. The van der Waals surface area contributed by atoms with Gasteiger partial charge >= 0.3 is 0 Å². The molecular formula is C21H16F2N4O3S. The van der Waals surface area contributed by atoms with Gasteiger partial charge < -0.3 is 10.2 Å². The Labute approximate surface area is 179 Å². The number of hydrogen-bond acceptors (Lipinski definition) is 6. The number of pyridine rings is 1. The van der Waals surface area contributed by atoms with Gasteiger partial charge in [0.1, 0.15) is 16.6 Å². The van der Waals surface area contributed by atoms with Crippen LogP contribution in [0, 0.1) is 17.6 Å². The van der Waals surface area contributed by atoms with E-state index < -0.39 is 35.1 Å². The SMILES string of the molecule is CN1C(=O)C(Cc2ccc(F)c(F)c2)C(=O)c2nc(C(=O)NCc3ccncc3)sc21. The molecule has 3 aromatic rings. The van der Waals surface area contributed by atoms with Gasteiger partial charge in [-0.05, 0) is 41.8 Å². The number of benzene rings is 1. The van der Waals surface area contributed by atoms with Crippen LogP contribution < -0.4 is 10.2 Å². The first kappa shape index (κ1) is 20.7. The van der Waals surface area contributed by atoms with Gasteiger partial charge in [0, 0.05) is 26.0 Å². The summed E-state index contributed by atoms with van der Waals surface area (Å²) < 4.78 is 26.7. The molecule has 7 nitrogen and oxygen atoms in total. The first-order valence-corrected chi connectivity index (χ1v) is 10.1. The molecule has 0 bridgehead atoms. The number of carbonyl (C=O) groups is 3. The summed E-state index contributed by atoms with van der Waals surface area (Å²) in [5.74, 6) is -4.70. The monoisotopic (exact) mass is 442 g/mol. The van der Waals surface area contributed by atoms with Crippen LogP contribution in [-0.4, -0.2) is 34.6 Å². The van der Waals surface area contributed by atoms with Crippen molar-refractivity contribution >= 4 is 33.9 Å². The Kier molecular flexibility index (Phi) is 5.55. The lowest BCUT2D eigenvalue weighted by Crippen LogP contribution is -2.43. The van der Waals surface area contributed by atoms with Crippen LogP contribution in [0.25, 0.3) is 0 Å². The highest BCUT2D eigenvalue weighted by atomic mass is 32.1. The summed E-state index contributed by atoms with van der Waals surface area (Å²) in [7, 11) is 1.49. The Morgan fingerprint density at radius 2 is 1.87 bits per heavy atom. The largest absolute Gasteiger partial charge is 0.346 e. The van der Waals surface area contributed by atoms with Crippen molar-refractivity contribution in [3.05, 3.63) is 76.2 Å². The molecule has 1 aliphatic rings. The molecule has 158 valence electrons. The van der Waals surface area contributed by atoms with Crippen LogP contribution in [0.2, 0.25) is 0 Å². The molecule has 1 aromatic carbocycles. The van der Waals surface area contributed by atoms with Crippen LogP contribution in [0.4, 0.5) is 13.8 Å². The maximum atomic E-state index is 13.5. The number of ketones is 1. The van der Waals surface area contributed by atoms with E-state index in [1.165, 1.54) is 18.0 Å². The highest BCUT2D eigenvalue weighted by Crippen LogP contribution is 2.36. The standard InChI is InChI=1S/C21H16F2N4O3S/c1-27-20(30)13(8-12-2-3-14(22)15(23)9-12)17(28)16-21(27)31-19(26-16)18(29)25-10-11-4-6-24-7-5-11/h2-7,9,13H,8,10H2,1H3,(H,25,29). The van der Waals surface area contributed by atoms with E-state index in [4.69, 9.17) is 0 Å². The van der Waals surface area contributed by atoms with E-state index in [0.717, 1.165) is 29.0 Å². The fourth-order valence-corrected chi connectivity index (χ4v) is 4.20. The second-order valence-electron chi connectivity index (χ2n) is 6.98. The molecule has 0 saturated heterocycles. The zero-order valence-electron chi connectivity index (χ0n) is 16.3. The van der Waals surface area contributed by atoms with Gasteiger partial charge in [-0.15, -0.1) is 0 Å². The average molecular weight is 442 g/mol. The average Bonchev–Trinajstić information content (AvgIpc) is 3.23. The molecule has 3 heterocycles. The van der Waals surface area contributed by atoms with Crippen LogP contribution in [0.3, 0.4) is 0 Å². The van der Waals surface area contributed by atoms with E-state index in [-0.39, 0.29) is 28.7 Å². The number of rotatable bonds is 5. The van der Waals surface area contributed by atoms with Gasteiger partial charge in [0.05, 0.1) is 0 Å². The molecular weight excluding hydrogens is 426 g/mol. The Bertz CT molecular complexity index is 1180. The van der Waals surface area contributed by atoms with E-state index in [9.17, 15) is 23.2 Å². The third-order valence-electron chi connectivity index (χ3n) is 4.91. The lowest BCUT2D eigenvalue weighted by atomic mass is 9.90. The molecule has 0 radical (unpaired) electrons. The number of aromatic nitrogens is 2. The van der Waals surface area contributed by atoms with E-state index in [0.29, 0.717) is 5.56 Å². The van der Waals surface area contributed by atoms with Gasteiger partial charge in [-0.25, -0.2) is 13.8 Å². The molecule has 10 heteroatoms. The molecule has 0 spiro atoms. The fraction of sp³-hybridized carbons (Fsp3) is 0.190. The Morgan fingerprint density at radius 1 is 1.13 bits per heavy atom. The smallest absolute Gasteiger partial charge is 0.280 e. The molecule has 2 aromatic heterocycles. The van der Waals surface area contributed by atoms with Crippen LogP contribution in [-0.2, 0) is 17.8 Å². The van der Waals surface area contributed by atoms with Gasteiger partial charge in [-0.3, -0.25) is 19.4 Å². The topological polar surface area (TPSA) is 92.3 Å². The summed E-state index contributed by atoms with van der Waals surface area (Å²) in [5.41, 5.74) is 1.18. The Hall–Kier alpha value is -3.53. The van der Waals surface area contributed by atoms with Crippen LogP contribution in [0.15, 0.2) is 42.7 Å². The van der Waals surface area contributed by atoms with Gasteiger partial charge in [-0.2, -0.15) is 0 Å². The zero-order chi connectivity index (χ0) is 22.1. The number of nitrogens with one attached hydrogen (secondary N) is 1. The summed E-state index contributed by atoms with van der Waals surface area (Å²) in [6, 6.07) is 6.75. The lowest BCUT2D eigenvalue weighted by molar-refractivity contribution is -0.120. The van der Waals surface area contributed by atoms with E-state index in [1.54, 1.807) is 24.5 Å². The number of halogens is 2. The summed E-state index contributed by atoms with van der Waals surface area (Å²) >= 11 is 0.946. The summed E-state index contributed by atoms with van der Waals surface area (Å²) in [5, 5.41) is 3.06. The number of carbonyl (C=O) groups excluding carboxylic acids is 3. The lowest BCUT2D eigenvalue weighted by Gasteiger charge is -2.27. The molecule has 0 aliphatic carbocycles. The van der Waals surface area contributed by atoms with Gasteiger partial charge in [-0.1, -0.05) is 17.4 Å². The first-order valence-electron chi connectivity index (χ1n) is 9.28. The van der Waals surface area contributed by atoms with Gasteiger partial charge in [0.25, 0.3) is 5.91 Å². The second kappa shape index (κ2) is 8.31. The summed E-state index contributed by atoms with van der Waals surface area (Å²) in [4.78, 5) is 47.5. The molecule has 0 fully saturated rings. The molecule has 1 atom stereocenters. The molecule has 1 unspecified atom stereocenters. The van der Waals surface area contributed by atoms with Crippen molar-refractivity contribution < 1.29 is 23.2 Å². The summed E-state index contributed by atoms with van der Waals surface area (Å²) in [6.07, 6.45) is 3.12. The predicted octanol–water partition coefficient (Wildman–Crippen LogP) is 2.76. The fourth-order valence-electron chi connectivity index (χ4n) is 3.25. The number of hydrogen-bond donors (Lipinski definition) is 1. The third kappa shape index (κ3) is 4.06. The maximum Gasteiger partial charge on any atom is 0.280 e. The van der Waals surface area contributed by atoms with Crippen molar-refractivity contribution in [3.63, 3.8) is 0 Å². The quantitative estimate of drug-likeness (QED) is 0.614. The van der Waals surface area contributed by atoms with Gasteiger partial charge in [0.2, 0.25) is 5.91 Å². The number of amides is 2. The van der Waals surface area contributed by atoms with Crippen molar-refractivity contribution in [2.45, 2.75) is 13.0 Å². The molecule has 2 amide bonds. The van der Waals surface area contributed by atoms with Crippen molar-refractivity contribution in [1.82, 2.24) is 15.3 Å². The molecule has 1 aliphatic heterocycles. The number of anilines is 1. The molecule has 0 saturated carbocycles. The molecule has 31 heavy (non-hydrogen) atoms. The number of Topliss-reactive ketones (excluding diaryl/α,β-unsaturated/α-hetero) is 1. The maximum absolute atomic E-state index is 13.5. The number of nitrogens with zero attached hydrogens (tertiary/aromatic N) is 3.